The first-order valence-electron chi connectivity index (χ1n) is 10.9. The fourth-order valence-corrected chi connectivity index (χ4v) is 3.40. The molecular formula is C24H38O6. The molecule has 4 N–H and O–H groups in total. The predicted octanol–water partition coefficient (Wildman–Crippen LogP) is 5.53. The van der Waals surface area contributed by atoms with Crippen molar-refractivity contribution in [3.8, 4) is 11.5 Å². The average molecular weight is 423 g/mol. The van der Waals surface area contributed by atoms with Crippen molar-refractivity contribution in [2.45, 2.75) is 91.9 Å². The van der Waals surface area contributed by atoms with Gasteiger partial charge in [0.05, 0.1) is 10.8 Å². The maximum Gasteiger partial charge on any atom is 0.309 e. The second-order valence-electron chi connectivity index (χ2n) is 9.58. The minimum Gasteiger partial charge on any atom is -0.504 e. The molecule has 0 fully saturated rings. The van der Waals surface area contributed by atoms with E-state index in [2.05, 4.69) is 0 Å². The van der Waals surface area contributed by atoms with Crippen LogP contribution in [-0.4, -0.2) is 32.4 Å². The zero-order valence-electron chi connectivity index (χ0n) is 18.8. The van der Waals surface area contributed by atoms with Crippen LogP contribution in [-0.2, 0) is 22.4 Å². The van der Waals surface area contributed by atoms with E-state index in [4.69, 9.17) is 10.2 Å². The largest absolute Gasteiger partial charge is 0.504 e. The fraction of sp³-hybridized carbons (Fsp3) is 0.667. The van der Waals surface area contributed by atoms with Crippen LogP contribution in [0.4, 0.5) is 0 Å². The van der Waals surface area contributed by atoms with E-state index in [1.165, 1.54) is 0 Å². The van der Waals surface area contributed by atoms with Gasteiger partial charge in [0.15, 0.2) is 11.5 Å². The van der Waals surface area contributed by atoms with E-state index in [-0.39, 0.29) is 11.5 Å². The molecule has 0 aliphatic carbocycles. The number of carboxylic acids is 2. The van der Waals surface area contributed by atoms with Gasteiger partial charge in [-0.15, -0.1) is 0 Å². The van der Waals surface area contributed by atoms with Gasteiger partial charge in [0, 0.05) is 0 Å². The highest BCUT2D eigenvalue weighted by Gasteiger charge is 2.26. The molecule has 30 heavy (non-hydrogen) atoms. The number of aliphatic carboxylic acids is 2. The first kappa shape index (κ1) is 25.8. The average Bonchev–Trinajstić information content (AvgIpc) is 2.65. The van der Waals surface area contributed by atoms with Crippen molar-refractivity contribution in [1.29, 1.82) is 0 Å². The standard InChI is InChI=1S/C24H38O6/c1-23(2,21(27)28)15-9-6-5-7-11-17-13-14-18(20(26)19(17)25)12-8-10-16-24(3,4)22(29)30/h13-14,25-26H,5-12,15-16H2,1-4H3,(H,27,28)(H,29,30). The van der Waals surface area contributed by atoms with Gasteiger partial charge in [0.2, 0.25) is 0 Å². The summed E-state index contributed by atoms with van der Waals surface area (Å²) in [7, 11) is 0. The third kappa shape index (κ3) is 7.88. The van der Waals surface area contributed by atoms with Crippen LogP contribution in [0.2, 0.25) is 0 Å². The molecule has 0 spiro atoms. The molecule has 1 rings (SSSR count). The van der Waals surface area contributed by atoms with Gasteiger partial charge in [-0.25, -0.2) is 0 Å². The predicted molar refractivity (Wildman–Crippen MR) is 117 cm³/mol. The lowest BCUT2D eigenvalue weighted by Crippen LogP contribution is -2.23. The number of hydrogen-bond acceptors (Lipinski definition) is 4. The van der Waals surface area contributed by atoms with Crippen LogP contribution in [0.25, 0.3) is 0 Å². The Morgan fingerprint density at radius 2 is 1.00 bits per heavy atom. The summed E-state index contributed by atoms with van der Waals surface area (Å²) < 4.78 is 0. The van der Waals surface area contributed by atoms with Crippen molar-refractivity contribution in [3.63, 3.8) is 0 Å². The Kier molecular flexibility index (Phi) is 9.66. The van der Waals surface area contributed by atoms with Crippen LogP contribution >= 0.6 is 0 Å². The summed E-state index contributed by atoms with van der Waals surface area (Å²) in [6.45, 7) is 6.90. The van der Waals surface area contributed by atoms with Gasteiger partial charge in [-0.2, -0.15) is 0 Å². The summed E-state index contributed by atoms with van der Waals surface area (Å²) >= 11 is 0. The smallest absolute Gasteiger partial charge is 0.309 e. The molecule has 0 atom stereocenters. The number of aryl methyl sites for hydroxylation is 2. The van der Waals surface area contributed by atoms with Crippen LogP contribution in [0.15, 0.2) is 12.1 Å². The second kappa shape index (κ2) is 11.2. The topological polar surface area (TPSA) is 115 Å². The van der Waals surface area contributed by atoms with Gasteiger partial charge in [-0.05, 0) is 77.3 Å². The van der Waals surface area contributed by atoms with E-state index in [9.17, 15) is 19.8 Å². The van der Waals surface area contributed by atoms with Crippen LogP contribution < -0.4 is 0 Å². The van der Waals surface area contributed by atoms with Crippen molar-refractivity contribution < 1.29 is 30.0 Å². The van der Waals surface area contributed by atoms with Gasteiger partial charge in [0.1, 0.15) is 0 Å². The summed E-state index contributed by atoms with van der Waals surface area (Å²) in [5.41, 5.74) is -0.0462. The molecule has 1 aromatic carbocycles. The molecule has 0 heterocycles. The lowest BCUT2D eigenvalue weighted by atomic mass is 9.86. The first-order valence-corrected chi connectivity index (χ1v) is 10.9. The number of benzene rings is 1. The van der Waals surface area contributed by atoms with Crippen molar-refractivity contribution in [2.24, 2.45) is 10.8 Å². The number of carboxylic acid groups (broad SMARTS) is 2. The summed E-state index contributed by atoms with van der Waals surface area (Å²) in [6.07, 6.45) is 7.55. The lowest BCUT2D eigenvalue weighted by Gasteiger charge is -2.18. The molecule has 0 amide bonds. The van der Waals surface area contributed by atoms with Crippen molar-refractivity contribution >= 4 is 11.9 Å². The zero-order valence-corrected chi connectivity index (χ0v) is 18.8. The maximum atomic E-state index is 11.1. The summed E-state index contributed by atoms with van der Waals surface area (Å²) in [4.78, 5) is 22.2. The molecule has 0 saturated carbocycles. The van der Waals surface area contributed by atoms with Crippen molar-refractivity contribution in [3.05, 3.63) is 23.3 Å². The number of phenols is 2. The number of carbonyl (C=O) groups is 2. The quantitative estimate of drug-likeness (QED) is 0.232. The van der Waals surface area contributed by atoms with Gasteiger partial charge in [-0.3, -0.25) is 9.59 Å². The maximum absolute atomic E-state index is 11.1. The minimum absolute atomic E-state index is 0.0645. The van der Waals surface area contributed by atoms with Gasteiger partial charge >= 0.3 is 11.9 Å². The van der Waals surface area contributed by atoms with E-state index < -0.39 is 22.8 Å². The summed E-state index contributed by atoms with van der Waals surface area (Å²) in [5, 5.41) is 38.9. The molecule has 1 aromatic rings. The molecule has 0 aromatic heterocycles. The van der Waals surface area contributed by atoms with Crippen LogP contribution in [0.5, 0.6) is 11.5 Å². The number of aromatic hydroxyl groups is 2. The molecule has 0 saturated heterocycles. The molecular weight excluding hydrogens is 384 g/mol. The first-order chi connectivity index (χ1) is 13.9. The van der Waals surface area contributed by atoms with Gasteiger partial charge < -0.3 is 20.4 Å². The second-order valence-corrected chi connectivity index (χ2v) is 9.58. The Morgan fingerprint density at radius 3 is 1.40 bits per heavy atom. The van der Waals surface area contributed by atoms with E-state index in [0.717, 1.165) is 38.5 Å². The third-order valence-electron chi connectivity index (χ3n) is 5.97. The monoisotopic (exact) mass is 422 g/mol. The fourth-order valence-electron chi connectivity index (χ4n) is 3.40. The Hall–Kier alpha value is -2.24. The number of phenolic OH excluding ortho intramolecular Hbond substituents is 2. The molecule has 0 bridgehead atoms. The Morgan fingerprint density at radius 1 is 0.667 bits per heavy atom. The molecule has 6 heteroatoms. The van der Waals surface area contributed by atoms with Gasteiger partial charge in [0.25, 0.3) is 0 Å². The van der Waals surface area contributed by atoms with Crippen LogP contribution in [0.1, 0.15) is 90.2 Å². The molecule has 6 nitrogen and oxygen atoms in total. The molecule has 0 aliphatic rings. The normalized spacial score (nSPS) is 12.1. The Labute approximate surface area is 180 Å². The van der Waals surface area contributed by atoms with E-state index in [1.54, 1.807) is 27.7 Å². The number of hydrogen-bond donors (Lipinski definition) is 4. The SMILES string of the molecule is CC(C)(CCCCCCc1ccc(CCCCC(C)(C)C(=O)O)c(O)c1O)C(=O)O. The third-order valence-corrected chi connectivity index (χ3v) is 5.97. The van der Waals surface area contributed by atoms with E-state index in [0.29, 0.717) is 36.8 Å². The number of unbranched alkanes of at least 4 members (excludes halogenated alkanes) is 4. The van der Waals surface area contributed by atoms with Crippen LogP contribution in [0, 0.1) is 10.8 Å². The number of rotatable bonds is 14. The van der Waals surface area contributed by atoms with E-state index >= 15 is 0 Å². The molecule has 0 aliphatic heterocycles. The lowest BCUT2D eigenvalue weighted by molar-refractivity contribution is -0.148. The highest BCUT2D eigenvalue weighted by atomic mass is 16.4. The minimum atomic E-state index is -0.807. The Bertz CT molecular complexity index is 721. The van der Waals surface area contributed by atoms with E-state index in [1.807, 2.05) is 12.1 Å². The van der Waals surface area contributed by atoms with Crippen molar-refractivity contribution in [1.82, 2.24) is 0 Å². The highest BCUT2D eigenvalue weighted by molar-refractivity contribution is 5.73. The van der Waals surface area contributed by atoms with Crippen LogP contribution in [0.3, 0.4) is 0 Å². The molecule has 0 radical (unpaired) electrons. The van der Waals surface area contributed by atoms with Gasteiger partial charge in [-0.1, -0.05) is 37.8 Å². The molecule has 0 unspecified atom stereocenters. The zero-order chi connectivity index (χ0) is 22.9. The Balaban J connectivity index is 2.42. The highest BCUT2D eigenvalue weighted by Crippen LogP contribution is 2.35. The van der Waals surface area contributed by atoms with Crippen molar-refractivity contribution in [2.75, 3.05) is 0 Å². The molecule has 170 valence electrons. The summed E-state index contributed by atoms with van der Waals surface area (Å²) in [6, 6.07) is 3.68. The summed E-state index contributed by atoms with van der Waals surface area (Å²) in [5.74, 6) is -1.72.